The molecule has 1 atom stereocenters. The summed E-state index contributed by atoms with van der Waals surface area (Å²) in [6.45, 7) is 4.82. The molecule has 136 valence electrons. The zero-order chi connectivity index (χ0) is 18.8. The van der Waals surface area contributed by atoms with Gasteiger partial charge in [0.05, 0.1) is 16.3 Å². The number of hydrogen-bond donors (Lipinski definition) is 1. The molecule has 1 amide bonds. The number of nitrogens with one attached hydrogen (secondary N) is 1. The molecule has 2 aromatic carbocycles. The minimum absolute atomic E-state index is 0.0386. The average Bonchev–Trinajstić information content (AvgIpc) is 3.27. The van der Waals surface area contributed by atoms with Gasteiger partial charge in [-0.2, -0.15) is 0 Å². The summed E-state index contributed by atoms with van der Waals surface area (Å²) >= 11 is 1.67. The fraction of sp³-hybridized carbons (Fsp3) is 0.174. The van der Waals surface area contributed by atoms with Crippen molar-refractivity contribution in [1.82, 2.24) is 9.88 Å². The maximum atomic E-state index is 13.1. The maximum absolute atomic E-state index is 13.1. The first-order valence-electron chi connectivity index (χ1n) is 9.10. The number of carbonyl (C=O) groups is 1. The Balaban J connectivity index is 1.66. The molecular formula is C23H22N2OS. The predicted molar refractivity (Wildman–Crippen MR) is 112 cm³/mol. The van der Waals surface area contributed by atoms with Crippen LogP contribution < -0.4 is 5.32 Å². The lowest BCUT2D eigenvalue weighted by Gasteiger charge is -2.16. The first-order valence-corrected chi connectivity index (χ1v) is 9.98. The van der Waals surface area contributed by atoms with Crippen LogP contribution in [-0.2, 0) is 6.54 Å². The molecule has 4 aromatic rings. The number of benzene rings is 2. The average molecular weight is 375 g/mol. The summed E-state index contributed by atoms with van der Waals surface area (Å²) in [6, 6.07) is 22.4. The predicted octanol–water partition coefficient (Wildman–Crippen LogP) is 5.55. The van der Waals surface area contributed by atoms with E-state index in [-0.39, 0.29) is 11.9 Å². The topological polar surface area (TPSA) is 34.0 Å². The van der Waals surface area contributed by atoms with Crippen LogP contribution in [0, 0.1) is 6.92 Å². The van der Waals surface area contributed by atoms with E-state index in [1.54, 1.807) is 11.3 Å². The van der Waals surface area contributed by atoms with E-state index < -0.39 is 0 Å². The third kappa shape index (κ3) is 3.53. The first-order chi connectivity index (χ1) is 13.1. The van der Waals surface area contributed by atoms with Crippen molar-refractivity contribution in [1.29, 1.82) is 0 Å². The number of nitrogens with zero attached hydrogens (tertiary/aromatic N) is 1. The molecule has 2 aromatic heterocycles. The van der Waals surface area contributed by atoms with E-state index in [1.807, 2.05) is 55.5 Å². The normalized spacial score (nSPS) is 12.2. The number of thiophene rings is 1. The van der Waals surface area contributed by atoms with Gasteiger partial charge in [-0.15, -0.1) is 11.3 Å². The molecule has 0 radical (unpaired) electrons. The lowest BCUT2D eigenvalue weighted by atomic mass is 10.1. The summed E-state index contributed by atoms with van der Waals surface area (Å²) in [5.41, 5.74) is 5.39. The summed E-state index contributed by atoms with van der Waals surface area (Å²) in [5, 5.41) is 5.23. The van der Waals surface area contributed by atoms with Crippen LogP contribution in [0.25, 0.3) is 10.2 Å². The van der Waals surface area contributed by atoms with Gasteiger partial charge in [0.1, 0.15) is 5.69 Å². The molecule has 0 bridgehead atoms. The van der Waals surface area contributed by atoms with Crippen LogP contribution in [0.15, 0.2) is 72.1 Å². The SMILES string of the molecule is Cc1ccccc1Cn1c(C(=O)N[C@H](C)c2ccccc2)cc2sccc21. The largest absolute Gasteiger partial charge is 0.344 e. The molecule has 0 spiro atoms. The van der Waals surface area contributed by atoms with E-state index in [2.05, 4.69) is 40.4 Å². The van der Waals surface area contributed by atoms with Crippen molar-refractivity contribution in [3.8, 4) is 0 Å². The molecule has 0 saturated heterocycles. The minimum Gasteiger partial charge on any atom is -0.344 e. The van der Waals surface area contributed by atoms with Gasteiger partial charge >= 0.3 is 0 Å². The summed E-state index contributed by atoms with van der Waals surface area (Å²) in [7, 11) is 0. The Kier molecular flexibility index (Phi) is 4.82. The Bertz CT molecular complexity index is 1080. The number of amides is 1. The molecule has 4 heteroatoms. The molecular weight excluding hydrogens is 352 g/mol. The third-order valence-electron chi connectivity index (χ3n) is 4.99. The van der Waals surface area contributed by atoms with Crippen LogP contribution >= 0.6 is 11.3 Å². The summed E-state index contributed by atoms with van der Waals surface area (Å²) < 4.78 is 3.27. The Hall–Kier alpha value is -2.85. The van der Waals surface area contributed by atoms with Crippen molar-refractivity contribution >= 4 is 27.5 Å². The lowest BCUT2D eigenvalue weighted by molar-refractivity contribution is 0.0931. The molecule has 0 aliphatic heterocycles. The molecule has 2 heterocycles. The van der Waals surface area contributed by atoms with Crippen molar-refractivity contribution in [3.63, 3.8) is 0 Å². The number of fused-ring (bicyclic) bond motifs is 1. The van der Waals surface area contributed by atoms with Gasteiger partial charge in [-0.3, -0.25) is 4.79 Å². The summed E-state index contributed by atoms with van der Waals surface area (Å²) in [6.07, 6.45) is 0. The number of aromatic nitrogens is 1. The van der Waals surface area contributed by atoms with Crippen LogP contribution in [0.4, 0.5) is 0 Å². The smallest absolute Gasteiger partial charge is 0.268 e. The van der Waals surface area contributed by atoms with Crippen LogP contribution in [-0.4, -0.2) is 10.5 Å². The Morgan fingerprint density at radius 1 is 1.07 bits per heavy atom. The molecule has 0 aliphatic rings. The van der Waals surface area contributed by atoms with Crippen molar-refractivity contribution in [2.75, 3.05) is 0 Å². The van der Waals surface area contributed by atoms with Crippen LogP contribution in [0.2, 0.25) is 0 Å². The van der Waals surface area contributed by atoms with E-state index in [4.69, 9.17) is 0 Å². The lowest BCUT2D eigenvalue weighted by Crippen LogP contribution is -2.28. The van der Waals surface area contributed by atoms with Gasteiger partial charge in [-0.05, 0) is 48.1 Å². The van der Waals surface area contributed by atoms with Gasteiger partial charge in [-0.1, -0.05) is 54.6 Å². The van der Waals surface area contributed by atoms with Gasteiger partial charge < -0.3 is 9.88 Å². The highest BCUT2D eigenvalue weighted by molar-refractivity contribution is 7.17. The Morgan fingerprint density at radius 2 is 1.81 bits per heavy atom. The fourth-order valence-electron chi connectivity index (χ4n) is 3.39. The number of aryl methyl sites for hydroxylation is 1. The van der Waals surface area contributed by atoms with Crippen molar-refractivity contribution < 1.29 is 4.79 Å². The third-order valence-corrected chi connectivity index (χ3v) is 5.85. The maximum Gasteiger partial charge on any atom is 0.268 e. The van der Waals surface area contributed by atoms with Crippen molar-refractivity contribution in [3.05, 3.63) is 94.5 Å². The summed E-state index contributed by atoms with van der Waals surface area (Å²) in [4.78, 5) is 13.1. The highest BCUT2D eigenvalue weighted by atomic mass is 32.1. The van der Waals surface area contributed by atoms with E-state index in [0.29, 0.717) is 12.2 Å². The second-order valence-corrected chi connectivity index (χ2v) is 7.77. The second-order valence-electron chi connectivity index (χ2n) is 6.82. The zero-order valence-electron chi connectivity index (χ0n) is 15.5. The second kappa shape index (κ2) is 7.41. The molecule has 0 unspecified atom stereocenters. The van der Waals surface area contributed by atoms with Gasteiger partial charge in [0.25, 0.3) is 5.91 Å². The zero-order valence-corrected chi connectivity index (χ0v) is 16.3. The number of rotatable bonds is 5. The fourth-order valence-corrected chi connectivity index (χ4v) is 4.21. The molecule has 1 N–H and O–H groups in total. The number of hydrogen-bond acceptors (Lipinski definition) is 2. The highest BCUT2D eigenvalue weighted by Crippen LogP contribution is 2.27. The Morgan fingerprint density at radius 3 is 2.59 bits per heavy atom. The molecule has 3 nitrogen and oxygen atoms in total. The first kappa shape index (κ1) is 17.6. The van der Waals surface area contributed by atoms with E-state index in [0.717, 1.165) is 15.8 Å². The highest BCUT2D eigenvalue weighted by Gasteiger charge is 2.19. The van der Waals surface area contributed by atoms with Gasteiger partial charge in [-0.25, -0.2) is 0 Å². The minimum atomic E-state index is -0.0430. The molecule has 0 fully saturated rings. The van der Waals surface area contributed by atoms with Crippen LogP contribution in [0.1, 0.15) is 40.1 Å². The van der Waals surface area contributed by atoms with Crippen molar-refractivity contribution in [2.24, 2.45) is 0 Å². The molecule has 0 saturated carbocycles. The standard InChI is InChI=1S/C23H22N2OS/c1-16-8-6-7-11-19(16)15-25-20-12-13-27-22(20)14-21(25)23(26)24-17(2)18-9-4-3-5-10-18/h3-14,17H,15H2,1-2H3,(H,24,26)/t17-/m1/s1. The molecule has 4 rings (SSSR count). The van der Waals surface area contributed by atoms with E-state index in [9.17, 15) is 4.79 Å². The molecule has 27 heavy (non-hydrogen) atoms. The molecule has 0 aliphatic carbocycles. The van der Waals surface area contributed by atoms with Gasteiger partial charge in [0, 0.05) is 6.54 Å². The van der Waals surface area contributed by atoms with Crippen LogP contribution in [0.3, 0.4) is 0 Å². The van der Waals surface area contributed by atoms with Crippen molar-refractivity contribution in [2.45, 2.75) is 26.4 Å². The van der Waals surface area contributed by atoms with Gasteiger partial charge in [0.15, 0.2) is 0 Å². The van der Waals surface area contributed by atoms with E-state index in [1.165, 1.54) is 11.1 Å². The van der Waals surface area contributed by atoms with Crippen LogP contribution in [0.5, 0.6) is 0 Å². The summed E-state index contributed by atoms with van der Waals surface area (Å²) in [5.74, 6) is -0.0386. The Labute approximate surface area is 163 Å². The van der Waals surface area contributed by atoms with Gasteiger partial charge in [0.2, 0.25) is 0 Å². The monoisotopic (exact) mass is 374 g/mol. The van der Waals surface area contributed by atoms with E-state index >= 15 is 0 Å². The number of carbonyl (C=O) groups excluding carboxylic acids is 1. The quantitative estimate of drug-likeness (QED) is 0.488.